The van der Waals surface area contributed by atoms with Crippen LogP contribution in [0.3, 0.4) is 0 Å². The summed E-state index contributed by atoms with van der Waals surface area (Å²) in [5.41, 5.74) is 1.10. The third-order valence-corrected chi connectivity index (χ3v) is 7.52. The molecule has 2 saturated heterocycles. The lowest BCUT2D eigenvalue weighted by atomic mass is 9.61. The minimum Gasteiger partial charge on any atom is -0.350 e. The summed E-state index contributed by atoms with van der Waals surface area (Å²) in [6.45, 7) is 3.18. The molecule has 4 atom stereocenters. The van der Waals surface area contributed by atoms with Crippen molar-refractivity contribution in [1.29, 1.82) is 0 Å². The second-order valence-electron chi connectivity index (χ2n) is 9.10. The molecule has 0 unspecified atom stereocenters. The van der Waals surface area contributed by atoms with E-state index in [-0.39, 0.29) is 17.5 Å². The zero-order valence-electron chi connectivity index (χ0n) is 17.6. The van der Waals surface area contributed by atoms with Gasteiger partial charge < -0.3 is 10.2 Å². The molecule has 0 radical (unpaired) electrons. The van der Waals surface area contributed by atoms with Crippen molar-refractivity contribution in [2.45, 2.75) is 76.3 Å². The molecule has 1 aliphatic carbocycles. The molecule has 3 aliphatic rings. The van der Waals surface area contributed by atoms with Gasteiger partial charge in [-0.2, -0.15) is 0 Å². The summed E-state index contributed by atoms with van der Waals surface area (Å²) in [5.74, 6) is 1.36. The Labute approximate surface area is 174 Å². The summed E-state index contributed by atoms with van der Waals surface area (Å²) in [6.07, 6.45) is 12.9. The molecule has 4 rings (SSSR count). The van der Waals surface area contributed by atoms with E-state index in [9.17, 15) is 9.59 Å². The summed E-state index contributed by atoms with van der Waals surface area (Å²) in [7, 11) is 0. The van der Waals surface area contributed by atoms with Crippen molar-refractivity contribution < 1.29 is 9.59 Å². The summed E-state index contributed by atoms with van der Waals surface area (Å²) in [5, 5.41) is 3.34. The minimum absolute atomic E-state index is 0.00359. The van der Waals surface area contributed by atoms with Gasteiger partial charge in [0, 0.05) is 30.6 Å². The van der Waals surface area contributed by atoms with Crippen molar-refractivity contribution in [3.63, 3.8) is 0 Å². The maximum atomic E-state index is 12.7. The molecule has 4 nitrogen and oxygen atoms in total. The molecule has 1 spiro atoms. The van der Waals surface area contributed by atoms with Crippen LogP contribution >= 0.6 is 0 Å². The van der Waals surface area contributed by atoms with E-state index in [0.717, 1.165) is 63.5 Å². The van der Waals surface area contributed by atoms with Crippen molar-refractivity contribution in [1.82, 2.24) is 10.2 Å². The quantitative estimate of drug-likeness (QED) is 0.745. The van der Waals surface area contributed by atoms with Crippen LogP contribution in [0.15, 0.2) is 36.4 Å². The Morgan fingerprint density at radius 2 is 2.03 bits per heavy atom. The van der Waals surface area contributed by atoms with E-state index in [1.54, 1.807) is 6.08 Å². The number of amides is 2. The first kappa shape index (κ1) is 20.2. The number of nitrogens with one attached hydrogen (secondary N) is 1. The maximum absolute atomic E-state index is 12.7. The number of rotatable bonds is 5. The van der Waals surface area contributed by atoms with E-state index in [0.29, 0.717) is 24.2 Å². The van der Waals surface area contributed by atoms with Gasteiger partial charge in [0.1, 0.15) is 0 Å². The van der Waals surface area contributed by atoms with Crippen LogP contribution < -0.4 is 5.32 Å². The highest BCUT2D eigenvalue weighted by atomic mass is 16.2. The molecule has 1 saturated carbocycles. The van der Waals surface area contributed by atoms with Crippen LogP contribution in [0.1, 0.15) is 70.3 Å². The highest BCUT2D eigenvalue weighted by Gasteiger charge is 2.55. The summed E-state index contributed by atoms with van der Waals surface area (Å²) < 4.78 is 0. The third kappa shape index (κ3) is 3.99. The van der Waals surface area contributed by atoms with Crippen LogP contribution in [0.5, 0.6) is 0 Å². The van der Waals surface area contributed by atoms with E-state index in [1.165, 1.54) is 0 Å². The standard InChI is InChI=1S/C25H34N2O2/c1-2-8-20-21-11-6-12-24(29)27-18-7-16-25(21,27)17-15-22(20)26-23(28)14-13-19-9-4-3-5-10-19/h3-5,9-10,13-14,20-22H,2,6-8,11-12,15-18H2,1H3,(H,26,28)/b14-13+/t20-,21+,22+,25-/m1/s1. The minimum atomic E-state index is 0.00359. The monoisotopic (exact) mass is 394 g/mol. The largest absolute Gasteiger partial charge is 0.350 e. The molecule has 0 bridgehead atoms. The Balaban J connectivity index is 1.51. The lowest BCUT2D eigenvalue weighted by Gasteiger charge is -2.53. The first-order valence-corrected chi connectivity index (χ1v) is 11.5. The van der Waals surface area contributed by atoms with Gasteiger partial charge in [-0.05, 0) is 68.4 Å². The molecule has 3 fully saturated rings. The van der Waals surface area contributed by atoms with Crippen LogP contribution in [-0.4, -0.2) is 34.8 Å². The van der Waals surface area contributed by atoms with Gasteiger partial charge in [-0.1, -0.05) is 43.7 Å². The SMILES string of the molecule is CCC[C@H]1[C@@H](NC(=O)/C=C/c2ccccc2)CC[C@@]23CCCN2C(=O)CCC[C@@H]13. The van der Waals surface area contributed by atoms with Crippen molar-refractivity contribution in [2.24, 2.45) is 11.8 Å². The van der Waals surface area contributed by atoms with Gasteiger partial charge in [-0.15, -0.1) is 0 Å². The highest BCUT2D eigenvalue weighted by molar-refractivity contribution is 5.91. The first-order chi connectivity index (χ1) is 14.1. The maximum Gasteiger partial charge on any atom is 0.244 e. The van der Waals surface area contributed by atoms with Crippen LogP contribution in [0.4, 0.5) is 0 Å². The van der Waals surface area contributed by atoms with Crippen LogP contribution in [0.25, 0.3) is 6.08 Å². The fraction of sp³-hybridized carbons (Fsp3) is 0.600. The fourth-order valence-corrected chi connectivity index (χ4v) is 6.38. The van der Waals surface area contributed by atoms with Crippen LogP contribution in [-0.2, 0) is 9.59 Å². The number of hydrogen-bond acceptors (Lipinski definition) is 2. The van der Waals surface area contributed by atoms with E-state index in [2.05, 4.69) is 17.1 Å². The Kier molecular flexibility index (Phi) is 6.07. The molecule has 156 valence electrons. The van der Waals surface area contributed by atoms with Crippen molar-refractivity contribution in [3.05, 3.63) is 42.0 Å². The molecule has 1 N–H and O–H groups in total. The second-order valence-corrected chi connectivity index (χ2v) is 9.10. The van der Waals surface area contributed by atoms with Gasteiger partial charge in [-0.3, -0.25) is 9.59 Å². The number of hydrogen-bond donors (Lipinski definition) is 1. The average Bonchev–Trinajstić information content (AvgIpc) is 3.10. The lowest BCUT2D eigenvalue weighted by Crippen LogP contribution is -2.60. The van der Waals surface area contributed by atoms with Gasteiger partial charge in [0.15, 0.2) is 0 Å². The van der Waals surface area contributed by atoms with Gasteiger partial charge in [0.05, 0.1) is 0 Å². The molecule has 1 aromatic rings. The Morgan fingerprint density at radius 1 is 1.21 bits per heavy atom. The number of benzene rings is 1. The Bertz CT molecular complexity index is 759. The van der Waals surface area contributed by atoms with Crippen molar-refractivity contribution in [2.75, 3.05) is 6.54 Å². The van der Waals surface area contributed by atoms with Crippen LogP contribution in [0.2, 0.25) is 0 Å². The highest BCUT2D eigenvalue weighted by Crippen LogP contribution is 2.52. The third-order valence-electron chi connectivity index (χ3n) is 7.52. The molecular weight excluding hydrogens is 360 g/mol. The summed E-state index contributed by atoms with van der Waals surface area (Å²) >= 11 is 0. The van der Waals surface area contributed by atoms with Crippen LogP contribution in [0, 0.1) is 11.8 Å². The van der Waals surface area contributed by atoms with Gasteiger partial charge >= 0.3 is 0 Å². The summed E-state index contributed by atoms with van der Waals surface area (Å²) in [6, 6.07) is 10.2. The van der Waals surface area contributed by atoms with E-state index >= 15 is 0 Å². The zero-order valence-corrected chi connectivity index (χ0v) is 17.6. The van der Waals surface area contributed by atoms with Gasteiger partial charge in [0.2, 0.25) is 11.8 Å². The molecule has 29 heavy (non-hydrogen) atoms. The number of carbonyl (C=O) groups is 2. The fourth-order valence-electron chi connectivity index (χ4n) is 6.38. The van der Waals surface area contributed by atoms with E-state index in [4.69, 9.17) is 0 Å². The molecule has 4 heteroatoms. The summed E-state index contributed by atoms with van der Waals surface area (Å²) in [4.78, 5) is 27.7. The predicted molar refractivity (Wildman–Crippen MR) is 116 cm³/mol. The number of carbonyl (C=O) groups excluding carboxylic acids is 2. The van der Waals surface area contributed by atoms with E-state index < -0.39 is 0 Å². The first-order valence-electron chi connectivity index (χ1n) is 11.5. The topological polar surface area (TPSA) is 49.4 Å². The molecule has 2 amide bonds. The van der Waals surface area contributed by atoms with Gasteiger partial charge in [0.25, 0.3) is 0 Å². The smallest absolute Gasteiger partial charge is 0.244 e. The molecular formula is C25H34N2O2. The Hall–Kier alpha value is -2.10. The normalized spacial score (nSPS) is 32.0. The predicted octanol–water partition coefficient (Wildman–Crippen LogP) is 4.56. The number of nitrogens with zero attached hydrogens (tertiary/aromatic N) is 1. The average molecular weight is 395 g/mol. The van der Waals surface area contributed by atoms with Crippen molar-refractivity contribution in [3.8, 4) is 0 Å². The van der Waals surface area contributed by atoms with Crippen molar-refractivity contribution >= 4 is 17.9 Å². The Morgan fingerprint density at radius 3 is 2.83 bits per heavy atom. The zero-order chi connectivity index (χ0) is 20.3. The molecule has 2 heterocycles. The lowest BCUT2D eigenvalue weighted by molar-refractivity contribution is -0.139. The second kappa shape index (κ2) is 8.73. The molecule has 2 aliphatic heterocycles. The molecule has 1 aromatic carbocycles. The van der Waals surface area contributed by atoms with E-state index in [1.807, 2.05) is 36.4 Å². The van der Waals surface area contributed by atoms with Gasteiger partial charge in [-0.25, -0.2) is 0 Å². The molecule has 0 aromatic heterocycles.